The summed E-state index contributed by atoms with van der Waals surface area (Å²) >= 11 is 3.50. The van der Waals surface area contributed by atoms with Crippen LogP contribution in [0.15, 0.2) is 22.7 Å². The third-order valence-electron chi connectivity index (χ3n) is 2.83. The van der Waals surface area contributed by atoms with Gasteiger partial charge in [-0.05, 0) is 30.2 Å². The monoisotopic (exact) mass is 284 g/mol. The zero-order chi connectivity index (χ0) is 11.4. The minimum Gasteiger partial charge on any atom is -0.496 e. The molecule has 1 saturated heterocycles. The summed E-state index contributed by atoms with van der Waals surface area (Å²) in [5, 5.41) is 6.90. The molecule has 1 heterocycles. The van der Waals surface area contributed by atoms with Gasteiger partial charge in [-0.3, -0.25) is 0 Å². The molecule has 88 valence electrons. The van der Waals surface area contributed by atoms with Crippen molar-refractivity contribution in [2.75, 3.05) is 26.7 Å². The van der Waals surface area contributed by atoms with Gasteiger partial charge in [-0.25, -0.2) is 0 Å². The van der Waals surface area contributed by atoms with Gasteiger partial charge in [0.05, 0.1) is 7.11 Å². The maximum atomic E-state index is 5.37. The lowest BCUT2D eigenvalue weighted by Gasteiger charge is -2.25. The van der Waals surface area contributed by atoms with E-state index in [-0.39, 0.29) is 0 Å². The Morgan fingerprint density at radius 3 is 3.00 bits per heavy atom. The molecule has 0 spiro atoms. The maximum Gasteiger partial charge on any atom is 0.122 e. The third kappa shape index (κ3) is 2.97. The first kappa shape index (κ1) is 11.9. The summed E-state index contributed by atoms with van der Waals surface area (Å²) in [6.07, 6.45) is 0.996. The largest absolute Gasteiger partial charge is 0.496 e. The zero-order valence-electron chi connectivity index (χ0n) is 9.42. The Morgan fingerprint density at radius 2 is 2.31 bits per heavy atom. The van der Waals surface area contributed by atoms with Crippen molar-refractivity contribution in [2.45, 2.75) is 12.5 Å². The van der Waals surface area contributed by atoms with E-state index in [1.807, 2.05) is 12.1 Å². The maximum absolute atomic E-state index is 5.37. The van der Waals surface area contributed by atoms with Crippen LogP contribution in [-0.2, 0) is 6.42 Å². The molecule has 0 aliphatic carbocycles. The summed E-state index contributed by atoms with van der Waals surface area (Å²) in [4.78, 5) is 0. The second-order valence-corrected chi connectivity index (χ2v) is 4.93. The van der Waals surface area contributed by atoms with Crippen molar-refractivity contribution in [1.82, 2.24) is 10.6 Å². The van der Waals surface area contributed by atoms with E-state index in [0.29, 0.717) is 6.04 Å². The number of benzene rings is 1. The van der Waals surface area contributed by atoms with Crippen LogP contribution >= 0.6 is 15.9 Å². The van der Waals surface area contributed by atoms with Gasteiger partial charge in [0.2, 0.25) is 0 Å². The number of rotatable bonds is 3. The number of ether oxygens (including phenoxy) is 1. The van der Waals surface area contributed by atoms with E-state index in [4.69, 9.17) is 4.74 Å². The SMILES string of the molecule is COc1ccc(Br)cc1CC1CNCCN1. The van der Waals surface area contributed by atoms with E-state index in [0.717, 1.165) is 36.3 Å². The van der Waals surface area contributed by atoms with Crippen molar-refractivity contribution >= 4 is 15.9 Å². The number of halogens is 1. The van der Waals surface area contributed by atoms with Crippen molar-refractivity contribution in [1.29, 1.82) is 0 Å². The molecule has 1 aliphatic heterocycles. The molecule has 0 saturated carbocycles. The van der Waals surface area contributed by atoms with Crippen LogP contribution in [0.2, 0.25) is 0 Å². The van der Waals surface area contributed by atoms with Crippen LogP contribution in [0.4, 0.5) is 0 Å². The fourth-order valence-electron chi connectivity index (χ4n) is 2.03. The molecule has 1 aromatic rings. The molecule has 1 atom stereocenters. The van der Waals surface area contributed by atoms with Crippen LogP contribution in [0.5, 0.6) is 5.75 Å². The summed E-state index contributed by atoms with van der Waals surface area (Å²) in [5.41, 5.74) is 1.25. The van der Waals surface area contributed by atoms with Crippen LogP contribution < -0.4 is 15.4 Å². The van der Waals surface area contributed by atoms with Gasteiger partial charge in [0.15, 0.2) is 0 Å². The van der Waals surface area contributed by atoms with Gasteiger partial charge < -0.3 is 15.4 Å². The summed E-state index contributed by atoms with van der Waals surface area (Å²) in [6.45, 7) is 3.13. The summed E-state index contributed by atoms with van der Waals surface area (Å²) in [5.74, 6) is 0.968. The Morgan fingerprint density at radius 1 is 1.44 bits per heavy atom. The fourth-order valence-corrected chi connectivity index (χ4v) is 2.44. The Balaban J connectivity index is 2.09. The molecule has 1 aromatic carbocycles. The Bertz CT molecular complexity index is 351. The molecule has 1 unspecified atom stereocenters. The first-order valence-corrected chi connectivity index (χ1v) is 6.35. The Hall–Kier alpha value is -0.580. The molecule has 16 heavy (non-hydrogen) atoms. The molecule has 2 N–H and O–H groups in total. The number of nitrogens with one attached hydrogen (secondary N) is 2. The van der Waals surface area contributed by atoms with Crippen molar-refractivity contribution in [3.05, 3.63) is 28.2 Å². The lowest BCUT2D eigenvalue weighted by molar-refractivity contribution is 0.390. The summed E-state index contributed by atoms with van der Waals surface area (Å²) in [6, 6.07) is 6.65. The van der Waals surface area contributed by atoms with Gasteiger partial charge in [0, 0.05) is 30.1 Å². The normalized spacial score (nSPS) is 20.8. The van der Waals surface area contributed by atoms with Crippen molar-refractivity contribution in [2.24, 2.45) is 0 Å². The molecule has 4 heteroatoms. The average molecular weight is 285 g/mol. The van der Waals surface area contributed by atoms with Crippen molar-refractivity contribution < 1.29 is 4.74 Å². The molecule has 0 bridgehead atoms. The number of methoxy groups -OCH3 is 1. The Kier molecular flexibility index (Phi) is 4.21. The summed E-state index contributed by atoms with van der Waals surface area (Å²) in [7, 11) is 1.72. The van der Waals surface area contributed by atoms with E-state index in [9.17, 15) is 0 Å². The standard InChI is InChI=1S/C12H17BrN2O/c1-16-12-3-2-10(13)6-9(12)7-11-8-14-4-5-15-11/h2-3,6,11,14-15H,4-5,7-8H2,1H3. The van der Waals surface area contributed by atoms with E-state index < -0.39 is 0 Å². The smallest absolute Gasteiger partial charge is 0.122 e. The predicted octanol–water partition coefficient (Wildman–Crippen LogP) is 1.56. The average Bonchev–Trinajstić information content (AvgIpc) is 2.31. The minimum absolute atomic E-state index is 0.497. The highest BCUT2D eigenvalue weighted by atomic mass is 79.9. The quantitative estimate of drug-likeness (QED) is 0.884. The third-order valence-corrected chi connectivity index (χ3v) is 3.33. The van der Waals surface area contributed by atoms with Crippen LogP contribution in [-0.4, -0.2) is 32.8 Å². The highest BCUT2D eigenvalue weighted by Gasteiger charge is 2.14. The summed E-state index contributed by atoms with van der Waals surface area (Å²) < 4.78 is 6.48. The van der Waals surface area contributed by atoms with Gasteiger partial charge >= 0.3 is 0 Å². The lowest BCUT2D eigenvalue weighted by atomic mass is 10.0. The van der Waals surface area contributed by atoms with E-state index in [1.165, 1.54) is 5.56 Å². The van der Waals surface area contributed by atoms with Crippen molar-refractivity contribution in [3.8, 4) is 5.75 Å². The van der Waals surface area contributed by atoms with Crippen LogP contribution in [0.25, 0.3) is 0 Å². The number of hydrogen-bond acceptors (Lipinski definition) is 3. The fraction of sp³-hybridized carbons (Fsp3) is 0.500. The minimum atomic E-state index is 0.497. The molecule has 2 rings (SSSR count). The van der Waals surface area contributed by atoms with Gasteiger partial charge in [-0.15, -0.1) is 0 Å². The second-order valence-electron chi connectivity index (χ2n) is 4.02. The van der Waals surface area contributed by atoms with E-state index >= 15 is 0 Å². The molecular formula is C12H17BrN2O. The molecule has 0 radical (unpaired) electrons. The molecule has 0 aromatic heterocycles. The molecule has 0 amide bonds. The van der Waals surface area contributed by atoms with Gasteiger partial charge in [-0.2, -0.15) is 0 Å². The molecule has 1 fully saturated rings. The van der Waals surface area contributed by atoms with E-state index in [1.54, 1.807) is 7.11 Å². The van der Waals surface area contributed by atoms with E-state index in [2.05, 4.69) is 32.6 Å². The highest BCUT2D eigenvalue weighted by Crippen LogP contribution is 2.24. The topological polar surface area (TPSA) is 33.3 Å². The Labute approximate surface area is 105 Å². The predicted molar refractivity (Wildman–Crippen MR) is 69.1 cm³/mol. The highest BCUT2D eigenvalue weighted by molar-refractivity contribution is 9.10. The van der Waals surface area contributed by atoms with Crippen LogP contribution in [0, 0.1) is 0 Å². The second kappa shape index (κ2) is 5.66. The molecule has 1 aliphatic rings. The molecule has 3 nitrogen and oxygen atoms in total. The first-order valence-electron chi connectivity index (χ1n) is 5.56. The van der Waals surface area contributed by atoms with Gasteiger partial charge in [-0.1, -0.05) is 15.9 Å². The number of hydrogen-bond donors (Lipinski definition) is 2. The lowest BCUT2D eigenvalue weighted by Crippen LogP contribution is -2.49. The van der Waals surface area contributed by atoms with Crippen LogP contribution in [0.3, 0.4) is 0 Å². The first-order chi connectivity index (χ1) is 7.79. The van der Waals surface area contributed by atoms with Crippen molar-refractivity contribution in [3.63, 3.8) is 0 Å². The zero-order valence-corrected chi connectivity index (χ0v) is 11.0. The molecular weight excluding hydrogens is 268 g/mol. The van der Waals surface area contributed by atoms with Gasteiger partial charge in [0.1, 0.15) is 5.75 Å². The van der Waals surface area contributed by atoms with Gasteiger partial charge in [0.25, 0.3) is 0 Å². The van der Waals surface area contributed by atoms with Crippen LogP contribution in [0.1, 0.15) is 5.56 Å². The number of piperazine rings is 1.